The Morgan fingerprint density at radius 3 is 2.84 bits per heavy atom. The van der Waals surface area contributed by atoms with Gasteiger partial charge in [-0.25, -0.2) is 4.79 Å². The molecule has 1 fully saturated rings. The summed E-state index contributed by atoms with van der Waals surface area (Å²) >= 11 is 1.84. The maximum atomic E-state index is 12.0. The fourth-order valence-electron chi connectivity index (χ4n) is 3.74. The van der Waals surface area contributed by atoms with Crippen LogP contribution in [0.15, 0.2) is 29.2 Å². The first kappa shape index (κ1) is 18.5. The van der Waals surface area contributed by atoms with E-state index >= 15 is 0 Å². The second kappa shape index (κ2) is 9.97. The third-order valence-electron chi connectivity index (χ3n) is 5.33. The molecule has 0 bridgehead atoms. The first-order chi connectivity index (χ1) is 12.3. The maximum absolute atomic E-state index is 12.0. The average molecular weight is 362 g/mol. The average Bonchev–Trinajstić information content (AvgIpc) is 3.15. The Balaban J connectivity index is 1.25. The van der Waals surface area contributed by atoms with Crippen molar-refractivity contribution in [2.45, 2.75) is 51.5 Å². The summed E-state index contributed by atoms with van der Waals surface area (Å²) in [5.74, 6) is 0.617. The van der Waals surface area contributed by atoms with E-state index in [1.54, 1.807) is 0 Å². The van der Waals surface area contributed by atoms with E-state index in [2.05, 4.69) is 39.1 Å². The van der Waals surface area contributed by atoms with Crippen molar-refractivity contribution in [2.24, 2.45) is 5.92 Å². The molecule has 3 rings (SSSR count). The highest BCUT2D eigenvalue weighted by Gasteiger charge is 2.19. The molecular weight excluding hydrogens is 330 g/mol. The summed E-state index contributed by atoms with van der Waals surface area (Å²) in [6, 6.07) is 4.34. The Hall–Kier alpha value is -1.33. The number of urea groups is 1. The molecule has 0 unspecified atom stereocenters. The van der Waals surface area contributed by atoms with Gasteiger partial charge in [0, 0.05) is 24.5 Å². The molecule has 1 aliphatic carbocycles. The van der Waals surface area contributed by atoms with Gasteiger partial charge in [-0.3, -0.25) is 4.90 Å². The molecule has 4 nitrogen and oxygen atoms in total. The number of piperidine rings is 1. The lowest BCUT2D eigenvalue weighted by Crippen LogP contribution is -2.42. The Morgan fingerprint density at radius 2 is 2.12 bits per heavy atom. The van der Waals surface area contributed by atoms with Crippen LogP contribution in [0.25, 0.3) is 0 Å². The van der Waals surface area contributed by atoms with Crippen molar-refractivity contribution < 1.29 is 4.79 Å². The van der Waals surface area contributed by atoms with Crippen molar-refractivity contribution in [3.05, 3.63) is 34.0 Å². The van der Waals surface area contributed by atoms with Gasteiger partial charge >= 0.3 is 6.03 Å². The van der Waals surface area contributed by atoms with E-state index in [0.29, 0.717) is 5.92 Å². The van der Waals surface area contributed by atoms with Crippen LogP contribution in [0.3, 0.4) is 0 Å². The van der Waals surface area contributed by atoms with Crippen LogP contribution in [0.2, 0.25) is 0 Å². The largest absolute Gasteiger partial charge is 0.338 e. The molecule has 0 spiro atoms. The van der Waals surface area contributed by atoms with Gasteiger partial charge in [0.1, 0.15) is 0 Å². The zero-order valence-corrected chi connectivity index (χ0v) is 16.0. The summed E-state index contributed by atoms with van der Waals surface area (Å²) in [6.07, 6.45) is 10.8. The first-order valence-corrected chi connectivity index (χ1v) is 10.6. The number of thiophene rings is 1. The van der Waals surface area contributed by atoms with Crippen LogP contribution in [0, 0.1) is 5.92 Å². The minimum absolute atomic E-state index is 0.00238. The second-order valence-corrected chi connectivity index (χ2v) is 8.33. The number of nitrogens with zero attached hydrogens (tertiary/aromatic N) is 1. The Labute approximate surface area is 155 Å². The number of rotatable bonds is 7. The molecule has 2 N–H and O–H groups in total. The third-order valence-corrected chi connectivity index (χ3v) is 6.20. The number of nitrogens with one attached hydrogen (secondary N) is 2. The molecule has 1 aliphatic heterocycles. The van der Waals surface area contributed by atoms with Crippen LogP contribution in [0.5, 0.6) is 0 Å². The van der Waals surface area contributed by atoms with Crippen LogP contribution in [0.4, 0.5) is 4.79 Å². The molecule has 138 valence electrons. The Bertz CT molecular complexity index is 547. The minimum atomic E-state index is -0.00238. The standard InChI is InChI=1S/C20H31N3OS/c24-20(21-11-8-17-5-2-1-3-6-17)22-15-18-9-12-23(13-10-18)16-19-7-4-14-25-19/h4-5,7,14,18H,1-3,6,8-13,15-16H2,(H2,21,22,24). The molecule has 5 heteroatoms. The van der Waals surface area contributed by atoms with E-state index in [1.165, 1.54) is 49.0 Å². The van der Waals surface area contributed by atoms with Gasteiger partial charge in [-0.2, -0.15) is 0 Å². The van der Waals surface area contributed by atoms with E-state index < -0.39 is 0 Å². The van der Waals surface area contributed by atoms with Gasteiger partial charge < -0.3 is 10.6 Å². The van der Waals surface area contributed by atoms with Crippen LogP contribution in [-0.4, -0.2) is 37.1 Å². The number of carbonyl (C=O) groups excluding carboxylic acids is 1. The number of hydrogen-bond acceptors (Lipinski definition) is 3. The van der Waals surface area contributed by atoms with E-state index in [1.807, 2.05) is 11.3 Å². The van der Waals surface area contributed by atoms with E-state index in [4.69, 9.17) is 0 Å². The zero-order chi connectivity index (χ0) is 17.3. The van der Waals surface area contributed by atoms with Crippen molar-refractivity contribution in [3.8, 4) is 0 Å². The minimum Gasteiger partial charge on any atom is -0.338 e. The predicted molar refractivity (Wildman–Crippen MR) is 105 cm³/mol. The number of carbonyl (C=O) groups is 1. The number of likely N-dealkylation sites (tertiary alicyclic amines) is 1. The summed E-state index contributed by atoms with van der Waals surface area (Å²) in [5.41, 5.74) is 1.52. The molecule has 2 heterocycles. The SMILES string of the molecule is O=C(NCCC1=CCCCC1)NCC1CCN(Cc2cccs2)CC1. The first-order valence-electron chi connectivity index (χ1n) is 9.74. The number of amides is 2. The summed E-state index contributed by atoms with van der Waals surface area (Å²) in [5, 5.41) is 8.22. The molecule has 1 aromatic heterocycles. The maximum Gasteiger partial charge on any atom is 0.314 e. The molecule has 2 amide bonds. The topological polar surface area (TPSA) is 44.4 Å². The normalized spacial score (nSPS) is 19.4. The lowest BCUT2D eigenvalue weighted by Gasteiger charge is -2.31. The molecule has 25 heavy (non-hydrogen) atoms. The van der Waals surface area contributed by atoms with Gasteiger partial charge in [0.25, 0.3) is 0 Å². The second-order valence-electron chi connectivity index (χ2n) is 7.29. The lowest BCUT2D eigenvalue weighted by molar-refractivity contribution is 0.176. The summed E-state index contributed by atoms with van der Waals surface area (Å²) < 4.78 is 0. The Morgan fingerprint density at radius 1 is 1.24 bits per heavy atom. The molecule has 2 aliphatic rings. The van der Waals surface area contributed by atoms with Gasteiger partial charge in [-0.15, -0.1) is 11.3 Å². The van der Waals surface area contributed by atoms with Crippen molar-refractivity contribution in [2.75, 3.05) is 26.2 Å². The molecule has 0 radical (unpaired) electrons. The molecule has 0 aromatic carbocycles. The lowest BCUT2D eigenvalue weighted by atomic mass is 9.97. The molecule has 1 aromatic rings. The summed E-state index contributed by atoms with van der Waals surface area (Å²) in [7, 11) is 0. The van der Waals surface area contributed by atoms with Crippen molar-refractivity contribution in [1.82, 2.24) is 15.5 Å². The fourth-order valence-corrected chi connectivity index (χ4v) is 4.49. The molecule has 1 saturated heterocycles. The van der Waals surface area contributed by atoms with Crippen LogP contribution in [-0.2, 0) is 6.54 Å². The van der Waals surface area contributed by atoms with Crippen LogP contribution < -0.4 is 10.6 Å². The van der Waals surface area contributed by atoms with E-state index in [-0.39, 0.29) is 6.03 Å². The van der Waals surface area contributed by atoms with Gasteiger partial charge in [0.05, 0.1) is 0 Å². The predicted octanol–water partition coefficient (Wildman–Crippen LogP) is 4.15. The van der Waals surface area contributed by atoms with E-state index in [0.717, 1.165) is 39.1 Å². The van der Waals surface area contributed by atoms with Crippen molar-refractivity contribution >= 4 is 17.4 Å². The highest BCUT2D eigenvalue weighted by atomic mass is 32.1. The highest BCUT2D eigenvalue weighted by molar-refractivity contribution is 7.09. The highest BCUT2D eigenvalue weighted by Crippen LogP contribution is 2.20. The molecular formula is C20H31N3OS. The smallest absolute Gasteiger partial charge is 0.314 e. The number of allylic oxidation sites excluding steroid dienone is 1. The van der Waals surface area contributed by atoms with E-state index in [9.17, 15) is 4.79 Å². The van der Waals surface area contributed by atoms with Crippen LogP contribution in [0.1, 0.15) is 49.8 Å². The van der Waals surface area contributed by atoms with Gasteiger partial charge in [-0.05, 0) is 75.4 Å². The summed E-state index contributed by atoms with van der Waals surface area (Å²) in [4.78, 5) is 15.9. The fraction of sp³-hybridized carbons (Fsp3) is 0.650. The van der Waals surface area contributed by atoms with Crippen molar-refractivity contribution in [1.29, 1.82) is 0 Å². The summed E-state index contributed by atoms with van der Waals surface area (Å²) in [6.45, 7) is 4.92. The van der Waals surface area contributed by atoms with Gasteiger partial charge in [0.15, 0.2) is 0 Å². The Kier molecular flexibility index (Phi) is 7.37. The molecule has 0 atom stereocenters. The van der Waals surface area contributed by atoms with Crippen molar-refractivity contribution in [3.63, 3.8) is 0 Å². The third kappa shape index (κ3) is 6.48. The van der Waals surface area contributed by atoms with Gasteiger partial charge in [-0.1, -0.05) is 17.7 Å². The monoisotopic (exact) mass is 361 g/mol. The zero-order valence-electron chi connectivity index (χ0n) is 15.1. The quantitative estimate of drug-likeness (QED) is 0.717. The van der Waals surface area contributed by atoms with Gasteiger partial charge in [0.2, 0.25) is 0 Å². The molecule has 0 saturated carbocycles. The number of hydrogen-bond donors (Lipinski definition) is 2. The van der Waals surface area contributed by atoms with Crippen LogP contribution >= 0.6 is 11.3 Å².